The maximum atomic E-state index is 14.2. The number of benzene rings is 3. The van der Waals surface area contributed by atoms with Crippen molar-refractivity contribution in [3.63, 3.8) is 0 Å². The molecule has 1 saturated carbocycles. The van der Waals surface area contributed by atoms with Gasteiger partial charge in [0.1, 0.15) is 11.4 Å². The van der Waals surface area contributed by atoms with Crippen molar-refractivity contribution >= 4 is 35.9 Å². The summed E-state index contributed by atoms with van der Waals surface area (Å²) in [7, 11) is 0. The second kappa shape index (κ2) is 10.1. The first kappa shape index (κ1) is 26.5. The highest BCUT2D eigenvalue weighted by molar-refractivity contribution is 7.59. The summed E-state index contributed by atoms with van der Waals surface area (Å²) in [6.45, 7) is 3.40. The first-order chi connectivity index (χ1) is 19.6. The normalized spacial score (nSPS) is 21.7. The number of anilines is 1. The van der Waals surface area contributed by atoms with Crippen molar-refractivity contribution < 1.29 is 9.18 Å². The Bertz CT molecular complexity index is 1590. The van der Waals surface area contributed by atoms with Gasteiger partial charge in [-0.2, -0.15) is 13.5 Å². The van der Waals surface area contributed by atoms with Gasteiger partial charge in [-0.1, -0.05) is 41.6 Å². The van der Waals surface area contributed by atoms with Crippen LogP contribution in [0.5, 0.6) is 0 Å². The molecule has 0 N–H and O–H groups in total. The molecule has 0 unspecified atom stereocenters. The van der Waals surface area contributed by atoms with Gasteiger partial charge in [0, 0.05) is 43.5 Å². The minimum Gasteiger partial charge on any atom is -0.339 e. The number of carbonyl (C=O) groups is 1. The Kier molecular flexibility index (Phi) is 6.54. The predicted molar refractivity (Wildman–Crippen MR) is 162 cm³/mol. The van der Waals surface area contributed by atoms with Crippen molar-refractivity contribution in [2.75, 3.05) is 31.2 Å². The fraction of sp³-hybridized carbons (Fsp3) is 0.406. The maximum absolute atomic E-state index is 14.2. The number of amides is 1. The number of likely N-dealkylation sites (tertiary alicyclic amines) is 1. The summed E-state index contributed by atoms with van der Waals surface area (Å²) in [5, 5.41) is 11.4. The van der Waals surface area contributed by atoms with Gasteiger partial charge < -0.3 is 9.80 Å². The van der Waals surface area contributed by atoms with E-state index in [0.717, 1.165) is 43.7 Å². The molecule has 212 valence electrons. The van der Waals surface area contributed by atoms with E-state index >= 15 is 0 Å². The van der Waals surface area contributed by atoms with Crippen molar-refractivity contribution in [3.05, 3.63) is 89.5 Å². The predicted octanol–water partition coefficient (Wildman–Crippen LogP) is 5.00. The van der Waals surface area contributed by atoms with Gasteiger partial charge in [0.15, 0.2) is 0 Å². The number of carbonyl (C=O) groups excluding carboxylic acids is 1. The van der Waals surface area contributed by atoms with Crippen LogP contribution in [-0.2, 0) is 17.8 Å². The molecular formula is C32H35FN6OS. The zero-order chi connectivity index (χ0) is 26.8. The van der Waals surface area contributed by atoms with E-state index in [0.29, 0.717) is 31.7 Å². The molecule has 0 radical (unpaired) electrons. The molecule has 1 amide bonds. The lowest BCUT2D eigenvalue weighted by Gasteiger charge is -2.45. The molecule has 2 saturated heterocycles. The Hall–Kier alpha value is -3.43. The molecule has 1 atom stereocenters. The summed E-state index contributed by atoms with van der Waals surface area (Å²) >= 11 is 0. The largest absolute Gasteiger partial charge is 0.339 e. The van der Waals surface area contributed by atoms with Gasteiger partial charge in [-0.3, -0.25) is 14.4 Å². The van der Waals surface area contributed by atoms with Crippen molar-refractivity contribution in [2.24, 2.45) is 0 Å². The fourth-order valence-electron chi connectivity index (χ4n) is 7.35. The van der Waals surface area contributed by atoms with E-state index in [2.05, 4.69) is 56.5 Å². The van der Waals surface area contributed by atoms with Gasteiger partial charge in [-0.05, 0) is 78.3 Å². The van der Waals surface area contributed by atoms with Crippen LogP contribution < -0.4 is 4.90 Å². The first-order valence-electron chi connectivity index (χ1n) is 14.6. The van der Waals surface area contributed by atoms with E-state index < -0.39 is 5.54 Å². The molecule has 7 nitrogen and oxygen atoms in total. The Morgan fingerprint density at radius 2 is 1.71 bits per heavy atom. The summed E-state index contributed by atoms with van der Waals surface area (Å²) in [6, 6.07) is 20.2. The van der Waals surface area contributed by atoms with Gasteiger partial charge in [0.25, 0.3) is 0 Å². The van der Waals surface area contributed by atoms with Crippen LogP contribution in [0.15, 0.2) is 66.9 Å². The lowest BCUT2D eigenvalue weighted by atomic mass is 9.84. The van der Waals surface area contributed by atoms with E-state index in [4.69, 9.17) is 0 Å². The zero-order valence-electron chi connectivity index (χ0n) is 23.0. The molecule has 2 aliphatic carbocycles. The third kappa shape index (κ3) is 4.41. The van der Waals surface area contributed by atoms with Crippen LogP contribution in [0.25, 0.3) is 10.8 Å². The van der Waals surface area contributed by atoms with Crippen molar-refractivity contribution in [3.8, 4) is 0 Å². The standard InChI is InChI=1S/C32H33FN6O.H2S/c33-25-9-11-26(12-10-25)39-21-37(17-18-38-20-28(34-35-38)22-7-8-22)31(40)32(39)13-15-36(16-14-32)29-19-24-5-1-3-23-4-2-6-27(29)30(23)24;/h1-6,9-12,20,22,29H,7-8,13-19,21H2;1H2/t29-;/m0./s1. The molecule has 9 heteroatoms. The van der Waals surface area contributed by atoms with E-state index in [1.807, 2.05) is 27.9 Å². The average Bonchev–Trinajstić information content (AvgIpc) is 3.52. The van der Waals surface area contributed by atoms with Gasteiger partial charge in [-0.25, -0.2) is 4.39 Å². The number of rotatable bonds is 6. The van der Waals surface area contributed by atoms with Crippen molar-refractivity contribution in [2.45, 2.75) is 56.1 Å². The maximum Gasteiger partial charge on any atom is 0.250 e. The summed E-state index contributed by atoms with van der Waals surface area (Å²) in [5.74, 6) is 0.475. The average molecular weight is 571 g/mol. The van der Waals surface area contributed by atoms with E-state index in [9.17, 15) is 9.18 Å². The third-order valence-corrected chi connectivity index (χ3v) is 9.66. The number of piperidine rings is 1. The van der Waals surface area contributed by atoms with Crippen LogP contribution in [0.1, 0.15) is 54.5 Å². The minimum absolute atomic E-state index is 0. The molecule has 8 rings (SSSR count). The molecule has 1 spiro atoms. The smallest absolute Gasteiger partial charge is 0.250 e. The number of hydrogen-bond acceptors (Lipinski definition) is 5. The lowest BCUT2D eigenvalue weighted by molar-refractivity contribution is -0.134. The van der Waals surface area contributed by atoms with E-state index in [1.54, 1.807) is 0 Å². The summed E-state index contributed by atoms with van der Waals surface area (Å²) in [4.78, 5) is 21.0. The molecule has 1 aromatic heterocycles. The number of nitrogens with zero attached hydrogens (tertiary/aromatic N) is 6. The highest BCUT2D eigenvalue weighted by Crippen LogP contribution is 2.45. The van der Waals surface area contributed by atoms with Crippen molar-refractivity contribution in [1.82, 2.24) is 24.8 Å². The van der Waals surface area contributed by atoms with E-state index in [1.165, 1.54) is 46.9 Å². The van der Waals surface area contributed by atoms with Crippen LogP contribution in [0.4, 0.5) is 10.1 Å². The van der Waals surface area contributed by atoms with Gasteiger partial charge in [-0.15, -0.1) is 5.10 Å². The number of aromatic nitrogens is 3. The minimum atomic E-state index is -0.618. The summed E-state index contributed by atoms with van der Waals surface area (Å²) in [6.07, 6.45) is 6.93. The Morgan fingerprint density at radius 1 is 0.951 bits per heavy atom. The molecule has 3 heterocycles. The van der Waals surface area contributed by atoms with Gasteiger partial charge in [0.05, 0.1) is 18.9 Å². The van der Waals surface area contributed by atoms with Crippen LogP contribution >= 0.6 is 13.5 Å². The van der Waals surface area contributed by atoms with Crippen LogP contribution in [0.2, 0.25) is 0 Å². The molecule has 4 aromatic rings. The van der Waals surface area contributed by atoms with Gasteiger partial charge in [0.2, 0.25) is 5.91 Å². The number of halogens is 1. The molecule has 4 aliphatic rings. The summed E-state index contributed by atoms with van der Waals surface area (Å²) in [5.41, 5.74) is 4.19. The van der Waals surface area contributed by atoms with Crippen LogP contribution in [0.3, 0.4) is 0 Å². The Balaban J connectivity index is 0.00000276. The zero-order valence-corrected chi connectivity index (χ0v) is 24.0. The molecule has 2 aliphatic heterocycles. The monoisotopic (exact) mass is 570 g/mol. The SMILES string of the molecule is O=C1N(CCn2cc(C3CC3)nn2)CN(c2ccc(F)cc2)C12CCN([C@H]1Cc3cccc4cccc1c34)CC2.S. The topological polar surface area (TPSA) is 57.5 Å². The quantitative estimate of drug-likeness (QED) is 0.327. The second-order valence-electron chi connectivity index (χ2n) is 11.9. The van der Waals surface area contributed by atoms with Crippen LogP contribution in [0, 0.1) is 5.82 Å². The van der Waals surface area contributed by atoms with Crippen molar-refractivity contribution in [1.29, 1.82) is 0 Å². The second-order valence-corrected chi connectivity index (χ2v) is 11.9. The van der Waals surface area contributed by atoms with Gasteiger partial charge >= 0.3 is 0 Å². The fourth-order valence-corrected chi connectivity index (χ4v) is 7.35. The van der Waals surface area contributed by atoms with E-state index in [-0.39, 0.29) is 25.2 Å². The molecular weight excluding hydrogens is 535 g/mol. The van der Waals surface area contributed by atoms with Crippen LogP contribution in [-0.4, -0.2) is 62.5 Å². The first-order valence-corrected chi connectivity index (χ1v) is 14.6. The highest BCUT2D eigenvalue weighted by Gasteiger charge is 2.54. The lowest BCUT2D eigenvalue weighted by Crippen LogP contribution is -2.57. The summed E-state index contributed by atoms with van der Waals surface area (Å²) < 4.78 is 15.7. The molecule has 3 fully saturated rings. The Morgan fingerprint density at radius 3 is 2.46 bits per heavy atom. The Labute approximate surface area is 246 Å². The number of hydrogen-bond donors (Lipinski definition) is 0. The molecule has 3 aromatic carbocycles. The third-order valence-electron chi connectivity index (χ3n) is 9.66. The molecule has 41 heavy (non-hydrogen) atoms. The highest BCUT2D eigenvalue weighted by atomic mass is 32.1. The molecule has 0 bridgehead atoms.